The van der Waals surface area contributed by atoms with E-state index >= 15 is 0 Å². The highest BCUT2D eigenvalue weighted by Crippen LogP contribution is 2.51. The van der Waals surface area contributed by atoms with Gasteiger partial charge in [0, 0.05) is 5.41 Å². The summed E-state index contributed by atoms with van der Waals surface area (Å²) in [7, 11) is 0. The maximum atomic E-state index is 2.44. The Labute approximate surface area is 310 Å². The van der Waals surface area contributed by atoms with Crippen LogP contribution >= 0.6 is 0 Å². The molecule has 0 nitrogen and oxygen atoms in total. The minimum atomic E-state index is -0.0776. The van der Waals surface area contributed by atoms with E-state index in [0.29, 0.717) is 0 Å². The molecule has 0 spiro atoms. The van der Waals surface area contributed by atoms with Crippen molar-refractivity contribution < 1.29 is 0 Å². The number of hydrogen-bond donors (Lipinski definition) is 0. The van der Waals surface area contributed by atoms with Crippen LogP contribution in [0.2, 0.25) is 0 Å². The van der Waals surface area contributed by atoms with E-state index in [4.69, 9.17) is 0 Å². The van der Waals surface area contributed by atoms with Crippen molar-refractivity contribution >= 4 is 43.1 Å². The number of benzene rings is 10. The molecule has 53 heavy (non-hydrogen) atoms. The van der Waals surface area contributed by atoms with Crippen LogP contribution in [-0.2, 0) is 5.41 Å². The molecule has 0 aliphatic heterocycles. The molecule has 0 saturated heterocycles. The Morgan fingerprint density at radius 3 is 1.60 bits per heavy atom. The highest BCUT2D eigenvalue weighted by atomic mass is 14.4. The van der Waals surface area contributed by atoms with Crippen molar-refractivity contribution in [3.8, 4) is 55.6 Å². The summed E-state index contributed by atoms with van der Waals surface area (Å²) in [5.41, 5.74) is 15.5. The van der Waals surface area contributed by atoms with Crippen molar-refractivity contribution in [2.45, 2.75) is 19.3 Å². The van der Waals surface area contributed by atoms with Crippen molar-refractivity contribution in [1.29, 1.82) is 0 Å². The lowest BCUT2D eigenvalue weighted by Crippen LogP contribution is -2.15. The lowest BCUT2D eigenvalue weighted by Gasteiger charge is -2.22. The Morgan fingerprint density at radius 1 is 0.283 bits per heavy atom. The summed E-state index contributed by atoms with van der Waals surface area (Å²) in [6.07, 6.45) is 0. The minimum Gasteiger partial charge on any atom is -0.0622 e. The second-order valence-corrected chi connectivity index (χ2v) is 15.3. The minimum absolute atomic E-state index is 0.0776. The van der Waals surface area contributed by atoms with Gasteiger partial charge in [-0.15, -0.1) is 0 Å². The third-order valence-electron chi connectivity index (χ3n) is 12.0. The van der Waals surface area contributed by atoms with Crippen molar-refractivity contribution in [3.05, 3.63) is 193 Å². The average Bonchev–Trinajstić information content (AvgIpc) is 3.43. The zero-order chi connectivity index (χ0) is 35.3. The first-order chi connectivity index (χ1) is 26.0. The zero-order valence-electron chi connectivity index (χ0n) is 29.8. The summed E-state index contributed by atoms with van der Waals surface area (Å²) < 4.78 is 0. The molecular formula is C53H36. The maximum Gasteiger partial charge on any atom is 0.0159 e. The van der Waals surface area contributed by atoms with Crippen molar-refractivity contribution in [3.63, 3.8) is 0 Å². The molecular weight excluding hydrogens is 637 g/mol. The summed E-state index contributed by atoms with van der Waals surface area (Å²) in [4.78, 5) is 0. The fraction of sp³-hybridized carbons (Fsp3) is 0.0566. The largest absolute Gasteiger partial charge is 0.0622 e. The molecule has 0 N–H and O–H groups in total. The summed E-state index contributed by atoms with van der Waals surface area (Å²) >= 11 is 0. The third kappa shape index (κ3) is 4.49. The smallest absolute Gasteiger partial charge is 0.0159 e. The third-order valence-corrected chi connectivity index (χ3v) is 12.0. The van der Waals surface area contributed by atoms with E-state index in [-0.39, 0.29) is 5.41 Å². The fourth-order valence-corrected chi connectivity index (χ4v) is 9.34. The van der Waals surface area contributed by atoms with Crippen LogP contribution in [0.25, 0.3) is 98.7 Å². The average molecular weight is 673 g/mol. The molecule has 0 unspecified atom stereocenters. The Kier molecular flexibility index (Phi) is 6.40. The van der Waals surface area contributed by atoms with Gasteiger partial charge in [0.1, 0.15) is 0 Å². The van der Waals surface area contributed by atoms with Gasteiger partial charge >= 0.3 is 0 Å². The van der Waals surface area contributed by atoms with E-state index in [1.165, 1.54) is 110 Å². The molecule has 0 saturated carbocycles. The molecule has 0 heterocycles. The summed E-state index contributed by atoms with van der Waals surface area (Å²) in [6, 6.07) is 67.9. The predicted molar refractivity (Wildman–Crippen MR) is 227 cm³/mol. The zero-order valence-corrected chi connectivity index (χ0v) is 29.8. The highest BCUT2D eigenvalue weighted by Gasteiger charge is 2.36. The second kappa shape index (κ2) is 11.2. The molecule has 0 bridgehead atoms. The van der Waals surface area contributed by atoms with E-state index in [0.717, 1.165) is 0 Å². The molecule has 10 aromatic carbocycles. The first-order valence-corrected chi connectivity index (χ1v) is 18.7. The van der Waals surface area contributed by atoms with Gasteiger partial charge in [0.25, 0.3) is 0 Å². The topological polar surface area (TPSA) is 0 Å². The quantitative estimate of drug-likeness (QED) is 0.163. The molecule has 1 aliphatic carbocycles. The van der Waals surface area contributed by atoms with Gasteiger partial charge < -0.3 is 0 Å². The van der Waals surface area contributed by atoms with E-state index in [9.17, 15) is 0 Å². The van der Waals surface area contributed by atoms with Crippen LogP contribution in [0.1, 0.15) is 25.0 Å². The maximum absolute atomic E-state index is 2.44. The van der Waals surface area contributed by atoms with Crippen LogP contribution in [0.15, 0.2) is 182 Å². The molecule has 0 fully saturated rings. The van der Waals surface area contributed by atoms with Gasteiger partial charge in [-0.2, -0.15) is 0 Å². The van der Waals surface area contributed by atoms with Gasteiger partial charge in [-0.1, -0.05) is 172 Å². The molecule has 0 aromatic heterocycles. The second-order valence-electron chi connectivity index (χ2n) is 15.3. The van der Waals surface area contributed by atoms with Crippen molar-refractivity contribution in [2.24, 2.45) is 0 Å². The SMILES string of the molecule is CC1(C)c2cc(-c3cccc(-c4ccccc4-c4ccc5ccc6c(-c7ccccc7)ccc7ccc4c5c76)c3)ccc2-c2cc3ccccc3cc21. The Hall–Kier alpha value is -6.50. The lowest BCUT2D eigenvalue weighted by atomic mass is 9.81. The van der Waals surface area contributed by atoms with Gasteiger partial charge in [-0.3, -0.25) is 0 Å². The van der Waals surface area contributed by atoms with Crippen LogP contribution in [-0.4, -0.2) is 0 Å². The van der Waals surface area contributed by atoms with Crippen LogP contribution in [0.5, 0.6) is 0 Å². The monoisotopic (exact) mass is 672 g/mol. The normalized spacial score (nSPS) is 13.2. The molecule has 10 aromatic rings. The molecule has 0 atom stereocenters. The fourth-order valence-electron chi connectivity index (χ4n) is 9.34. The molecule has 11 rings (SSSR count). The number of hydrogen-bond acceptors (Lipinski definition) is 0. The highest BCUT2D eigenvalue weighted by molar-refractivity contribution is 6.27. The van der Waals surface area contributed by atoms with Crippen LogP contribution in [0.3, 0.4) is 0 Å². The van der Waals surface area contributed by atoms with E-state index in [1.54, 1.807) is 0 Å². The first-order valence-electron chi connectivity index (χ1n) is 18.7. The summed E-state index contributed by atoms with van der Waals surface area (Å²) in [6.45, 7) is 4.75. The molecule has 248 valence electrons. The van der Waals surface area contributed by atoms with E-state index in [1.807, 2.05) is 0 Å². The van der Waals surface area contributed by atoms with Gasteiger partial charge in [-0.05, 0) is 134 Å². The van der Waals surface area contributed by atoms with Crippen molar-refractivity contribution in [1.82, 2.24) is 0 Å². The molecule has 0 radical (unpaired) electrons. The van der Waals surface area contributed by atoms with Crippen LogP contribution in [0, 0.1) is 0 Å². The van der Waals surface area contributed by atoms with Crippen molar-refractivity contribution in [2.75, 3.05) is 0 Å². The molecule has 1 aliphatic rings. The van der Waals surface area contributed by atoms with Gasteiger partial charge in [0.05, 0.1) is 0 Å². The van der Waals surface area contributed by atoms with Crippen LogP contribution < -0.4 is 0 Å². The Morgan fingerprint density at radius 2 is 0.830 bits per heavy atom. The standard InChI is InChI=1S/C53H36/c1-53(2)49-32-39(23-26-45(49)48-30-37-13-6-7-14-38(37)31-50(48)53)36-15-10-16-40(29-36)41-17-8-9-18-43(41)44-25-20-35-21-27-46-42(33-11-4-3-5-12-33)24-19-34-22-28-47(44)52(35)51(34)46/h3-32H,1-2H3. The van der Waals surface area contributed by atoms with Crippen LogP contribution in [0.4, 0.5) is 0 Å². The van der Waals surface area contributed by atoms with E-state index in [2.05, 4.69) is 196 Å². The number of rotatable bonds is 4. The predicted octanol–water partition coefficient (Wildman–Crippen LogP) is 14.7. The number of fused-ring (bicyclic) bond motifs is 4. The van der Waals surface area contributed by atoms with Gasteiger partial charge in [0.2, 0.25) is 0 Å². The van der Waals surface area contributed by atoms with Gasteiger partial charge in [0.15, 0.2) is 0 Å². The molecule has 0 amide bonds. The molecule has 0 heteroatoms. The first kappa shape index (κ1) is 30.2. The van der Waals surface area contributed by atoms with Gasteiger partial charge in [-0.25, -0.2) is 0 Å². The summed E-state index contributed by atoms with van der Waals surface area (Å²) in [5, 5.41) is 10.4. The Balaban J connectivity index is 1.04. The summed E-state index contributed by atoms with van der Waals surface area (Å²) in [5.74, 6) is 0. The van der Waals surface area contributed by atoms with E-state index < -0.39 is 0 Å². The Bertz CT molecular complexity index is 3070. The lowest BCUT2D eigenvalue weighted by molar-refractivity contribution is 0.661.